The summed E-state index contributed by atoms with van der Waals surface area (Å²) in [5.41, 5.74) is 6.30. The minimum absolute atomic E-state index is 0. The monoisotopic (exact) mass is 176 g/mol. The molecular formula is C9H11BNO2. The summed E-state index contributed by atoms with van der Waals surface area (Å²) in [7, 11) is 0. The van der Waals surface area contributed by atoms with Crippen molar-refractivity contribution in [3.63, 3.8) is 0 Å². The summed E-state index contributed by atoms with van der Waals surface area (Å²) in [6.07, 6.45) is 0.385. The zero-order valence-electron chi connectivity index (χ0n) is 7.18. The van der Waals surface area contributed by atoms with Gasteiger partial charge in [0.25, 0.3) is 0 Å². The van der Waals surface area contributed by atoms with E-state index in [0.717, 1.165) is 5.56 Å². The van der Waals surface area contributed by atoms with Gasteiger partial charge >= 0.3 is 5.97 Å². The molecular weight excluding hydrogens is 165 g/mol. The highest BCUT2D eigenvalue weighted by molar-refractivity contribution is 5.75. The molecule has 67 valence electrons. The lowest BCUT2D eigenvalue weighted by molar-refractivity contribution is -0.138. The SMILES string of the molecule is NC(Cc1ccccc1)C(=O)O.[B]. The quantitative estimate of drug-likeness (QED) is 0.649. The Morgan fingerprint density at radius 3 is 2.38 bits per heavy atom. The molecule has 0 heterocycles. The van der Waals surface area contributed by atoms with Gasteiger partial charge in [-0.1, -0.05) is 30.3 Å². The molecule has 3 nitrogen and oxygen atoms in total. The van der Waals surface area contributed by atoms with E-state index in [0.29, 0.717) is 6.42 Å². The number of rotatable bonds is 3. The van der Waals surface area contributed by atoms with Gasteiger partial charge in [0.2, 0.25) is 0 Å². The first-order chi connectivity index (χ1) is 5.70. The Morgan fingerprint density at radius 2 is 1.92 bits per heavy atom. The van der Waals surface area contributed by atoms with Gasteiger partial charge in [0.05, 0.1) is 0 Å². The molecule has 1 aromatic carbocycles. The fourth-order valence-electron chi connectivity index (χ4n) is 0.955. The Hall–Kier alpha value is -1.29. The van der Waals surface area contributed by atoms with Crippen molar-refractivity contribution in [3.05, 3.63) is 35.9 Å². The van der Waals surface area contributed by atoms with E-state index in [4.69, 9.17) is 10.8 Å². The second kappa shape index (κ2) is 5.38. The van der Waals surface area contributed by atoms with Crippen molar-refractivity contribution in [2.45, 2.75) is 12.5 Å². The van der Waals surface area contributed by atoms with Crippen LogP contribution in [0.5, 0.6) is 0 Å². The van der Waals surface area contributed by atoms with Gasteiger partial charge in [-0.25, -0.2) is 0 Å². The van der Waals surface area contributed by atoms with E-state index < -0.39 is 12.0 Å². The van der Waals surface area contributed by atoms with Crippen molar-refractivity contribution < 1.29 is 9.90 Å². The molecule has 0 fully saturated rings. The second-order valence-electron chi connectivity index (χ2n) is 2.63. The standard InChI is InChI=1S/C9H11NO2.B/c10-8(9(11)12)6-7-4-2-1-3-5-7;/h1-5,8H,6,10H2,(H,11,12);. The highest BCUT2D eigenvalue weighted by atomic mass is 16.4. The summed E-state index contributed by atoms with van der Waals surface area (Å²) in [6.45, 7) is 0. The van der Waals surface area contributed by atoms with Crippen LogP contribution in [0.25, 0.3) is 0 Å². The van der Waals surface area contributed by atoms with Crippen LogP contribution in [0, 0.1) is 0 Å². The molecule has 3 N–H and O–H groups in total. The van der Waals surface area contributed by atoms with E-state index in [9.17, 15) is 4.79 Å². The Bertz CT molecular complexity index is 264. The van der Waals surface area contributed by atoms with Gasteiger partial charge in [-0.3, -0.25) is 4.79 Å². The first kappa shape index (κ1) is 11.7. The minimum atomic E-state index is -0.959. The van der Waals surface area contributed by atoms with Gasteiger partial charge in [0, 0.05) is 8.41 Å². The predicted octanol–water partition coefficient (Wildman–Crippen LogP) is 0.260. The van der Waals surface area contributed by atoms with Crippen molar-refractivity contribution in [1.82, 2.24) is 0 Å². The van der Waals surface area contributed by atoms with Gasteiger partial charge in [0.15, 0.2) is 0 Å². The molecule has 0 spiro atoms. The molecule has 1 unspecified atom stereocenters. The smallest absolute Gasteiger partial charge is 0.320 e. The molecule has 0 aliphatic carbocycles. The summed E-state index contributed by atoms with van der Waals surface area (Å²) in [5.74, 6) is -0.959. The molecule has 13 heavy (non-hydrogen) atoms. The fourth-order valence-corrected chi connectivity index (χ4v) is 0.955. The molecule has 0 bridgehead atoms. The summed E-state index contributed by atoms with van der Waals surface area (Å²) in [6, 6.07) is 8.54. The molecule has 3 radical (unpaired) electrons. The molecule has 0 saturated carbocycles. The molecule has 4 heteroatoms. The molecule has 0 amide bonds. The van der Waals surface area contributed by atoms with Crippen molar-refractivity contribution in [2.24, 2.45) is 5.73 Å². The number of nitrogens with two attached hydrogens (primary N) is 1. The lowest BCUT2D eigenvalue weighted by Crippen LogP contribution is -2.32. The van der Waals surface area contributed by atoms with Crippen molar-refractivity contribution in [2.75, 3.05) is 0 Å². The largest absolute Gasteiger partial charge is 0.480 e. The average molecular weight is 176 g/mol. The van der Waals surface area contributed by atoms with E-state index in [1.54, 1.807) is 0 Å². The number of carbonyl (C=O) groups is 1. The predicted molar refractivity (Wildman–Crippen MR) is 51.5 cm³/mol. The molecule has 1 aromatic rings. The van der Waals surface area contributed by atoms with Gasteiger partial charge in [-0.2, -0.15) is 0 Å². The third-order valence-electron chi connectivity index (χ3n) is 1.62. The maximum atomic E-state index is 10.4. The number of carboxylic acid groups (broad SMARTS) is 1. The normalized spacial score (nSPS) is 11.5. The van der Waals surface area contributed by atoms with Crippen LogP contribution in [0.1, 0.15) is 5.56 Å². The van der Waals surface area contributed by atoms with Crippen molar-refractivity contribution >= 4 is 14.4 Å². The number of aliphatic carboxylic acids is 1. The van der Waals surface area contributed by atoms with Crippen molar-refractivity contribution in [1.29, 1.82) is 0 Å². The average Bonchev–Trinajstić information content (AvgIpc) is 2.06. The number of carboxylic acids is 1. The second-order valence-corrected chi connectivity index (χ2v) is 2.63. The summed E-state index contributed by atoms with van der Waals surface area (Å²) < 4.78 is 0. The lowest BCUT2D eigenvalue weighted by Gasteiger charge is -2.04. The maximum Gasteiger partial charge on any atom is 0.320 e. The van der Waals surface area contributed by atoms with E-state index in [-0.39, 0.29) is 8.41 Å². The van der Waals surface area contributed by atoms with Crippen LogP contribution in [0.4, 0.5) is 0 Å². The number of benzene rings is 1. The van der Waals surface area contributed by atoms with Gasteiger partial charge in [0.1, 0.15) is 6.04 Å². The summed E-state index contributed by atoms with van der Waals surface area (Å²) >= 11 is 0. The molecule has 0 aromatic heterocycles. The molecule has 0 aliphatic heterocycles. The molecule has 0 saturated heterocycles. The van der Waals surface area contributed by atoms with E-state index in [1.807, 2.05) is 30.3 Å². The van der Waals surface area contributed by atoms with Gasteiger partial charge < -0.3 is 10.8 Å². The van der Waals surface area contributed by atoms with Gasteiger partial charge in [-0.05, 0) is 12.0 Å². The van der Waals surface area contributed by atoms with Crippen LogP contribution >= 0.6 is 0 Å². The van der Waals surface area contributed by atoms with Crippen LogP contribution in [0.3, 0.4) is 0 Å². The topological polar surface area (TPSA) is 63.3 Å². The zero-order valence-corrected chi connectivity index (χ0v) is 7.18. The van der Waals surface area contributed by atoms with E-state index in [2.05, 4.69) is 0 Å². The van der Waals surface area contributed by atoms with Crippen LogP contribution in [-0.4, -0.2) is 25.5 Å². The van der Waals surface area contributed by atoms with Crippen LogP contribution < -0.4 is 5.73 Å². The molecule has 1 atom stereocenters. The Labute approximate surface area is 79.1 Å². The minimum Gasteiger partial charge on any atom is -0.480 e. The lowest BCUT2D eigenvalue weighted by atomic mass is 10.1. The maximum absolute atomic E-state index is 10.4. The first-order valence-electron chi connectivity index (χ1n) is 3.72. The fraction of sp³-hybridized carbons (Fsp3) is 0.222. The third-order valence-corrected chi connectivity index (χ3v) is 1.62. The molecule has 0 aliphatic rings. The third kappa shape index (κ3) is 3.76. The van der Waals surface area contributed by atoms with E-state index in [1.165, 1.54) is 0 Å². The summed E-state index contributed by atoms with van der Waals surface area (Å²) in [5, 5.41) is 8.52. The van der Waals surface area contributed by atoms with Crippen LogP contribution in [-0.2, 0) is 11.2 Å². The highest BCUT2D eigenvalue weighted by Gasteiger charge is 2.10. The number of hydrogen-bond acceptors (Lipinski definition) is 2. The zero-order chi connectivity index (χ0) is 8.97. The van der Waals surface area contributed by atoms with Crippen LogP contribution in [0.15, 0.2) is 30.3 Å². The Kier molecular flexibility index (Phi) is 4.84. The summed E-state index contributed by atoms with van der Waals surface area (Å²) in [4.78, 5) is 10.4. The Balaban J connectivity index is 0.00000144. The van der Waals surface area contributed by atoms with E-state index >= 15 is 0 Å². The van der Waals surface area contributed by atoms with Crippen molar-refractivity contribution in [3.8, 4) is 0 Å². The van der Waals surface area contributed by atoms with Crippen LogP contribution in [0.2, 0.25) is 0 Å². The molecule has 1 rings (SSSR count). The van der Waals surface area contributed by atoms with Gasteiger partial charge in [-0.15, -0.1) is 0 Å². The Morgan fingerprint density at radius 1 is 1.38 bits per heavy atom. The highest BCUT2D eigenvalue weighted by Crippen LogP contribution is 2.01. The first-order valence-corrected chi connectivity index (χ1v) is 3.72. The number of hydrogen-bond donors (Lipinski definition) is 2.